The summed E-state index contributed by atoms with van der Waals surface area (Å²) in [7, 11) is 0. The van der Waals surface area contributed by atoms with Crippen LogP contribution in [0.3, 0.4) is 0 Å². The number of unbranched alkanes of at least 4 members (excludes halogenated alkanes) is 1. The summed E-state index contributed by atoms with van der Waals surface area (Å²) in [5.74, 6) is 0. The van der Waals surface area contributed by atoms with Crippen molar-refractivity contribution >= 4 is 0 Å². The lowest BCUT2D eigenvalue weighted by Gasteiger charge is -2.14. The van der Waals surface area contributed by atoms with E-state index >= 15 is 0 Å². The van der Waals surface area contributed by atoms with Crippen molar-refractivity contribution < 1.29 is 0 Å². The normalized spacial score (nSPS) is 16.1. The lowest BCUT2D eigenvalue weighted by atomic mass is 10.1. The predicted molar refractivity (Wildman–Crippen MR) is 82.4 cm³/mol. The van der Waals surface area contributed by atoms with E-state index in [9.17, 15) is 0 Å². The zero-order valence-electron chi connectivity index (χ0n) is 12.3. The average Bonchev–Trinajstić information content (AvgIpc) is 2.96. The molecule has 0 radical (unpaired) electrons. The van der Waals surface area contributed by atoms with E-state index in [0.29, 0.717) is 0 Å². The molecule has 106 valence electrons. The number of nitrogens with one attached hydrogen (secondary N) is 1. The van der Waals surface area contributed by atoms with Crippen molar-refractivity contribution in [3.05, 3.63) is 35.4 Å². The first-order valence-electron chi connectivity index (χ1n) is 7.89. The summed E-state index contributed by atoms with van der Waals surface area (Å²) in [6, 6.07) is 8.97. The van der Waals surface area contributed by atoms with Gasteiger partial charge in [0, 0.05) is 6.54 Å². The molecule has 0 atom stereocenters. The molecule has 0 aliphatic carbocycles. The minimum Gasteiger partial charge on any atom is -0.313 e. The second-order valence-electron chi connectivity index (χ2n) is 5.60. The number of aryl methyl sites for hydroxylation is 1. The molecule has 1 saturated heterocycles. The Morgan fingerprint density at radius 3 is 2.37 bits per heavy atom. The van der Waals surface area contributed by atoms with Crippen molar-refractivity contribution in [2.75, 3.05) is 26.2 Å². The topological polar surface area (TPSA) is 15.3 Å². The SMILES string of the molecule is CCc1ccc(CNCCCCN2CCCC2)cc1. The second kappa shape index (κ2) is 8.34. The fourth-order valence-corrected chi connectivity index (χ4v) is 2.72. The van der Waals surface area contributed by atoms with Gasteiger partial charge in [-0.2, -0.15) is 0 Å². The number of rotatable bonds is 8. The maximum absolute atomic E-state index is 3.55. The Morgan fingerprint density at radius 2 is 1.68 bits per heavy atom. The zero-order valence-corrected chi connectivity index (χ0v) is 12.3. The number of hydrogen-bond donors (Lipinski definition) is 1. The summed E-state index contributed by atoms with van der Waals surface area (Å²) in [4.78, 5) is 2.60. The largest absolute Gasteiger partial charge is 0.313 e. The third-order valence-electron chi connectivity index (χ3n) is 4.04. The highest BCUT2D eigenvalue weighted by Crippen LogP contribution is 2.08. The van der Waals surface area contributed by atoms with Crippen LogP contribution in [0.5, 0.6) is 0 Å². The molecule has 1 aliphatic rings. The van der Waals surface area contributed by atoms with Crippen molar-refractivity contribution in [3.63, 3.8) is 0 Å². The van der Waals surface area contributed by atoms with Crippen LogP contribution in [0, 0.1) is 0 Å². The first-order valence-corrected chi connectivity index (χ1v) is 7.89. The maximum atomic E-state index is 3.55. The second-order valence-corrected chi connectivity index (χ2v) is 5.60. The molecule has 0 spiro atoms. The van der Waals surface area contributed by atoms with E-state index in [4.69, 9.17) is 0 Å². The van der Waals surface area contributed by atoms with E-state index in [-0.39, 0.29) is 0 Å². The van der Waals surface area contributed by atoms with Crippen LogP contribution in [0.1, 0.15) is 43.7 Å². The molecule has 0 bridgehead atoms. The fourth-order valence-electron chi connectivity index (χ4n) is 2.72. The number of benzene rings is 1. The Morgan fingerprint density at radius 1 is 1.00 bits per heavy atom. The zero-order chi connectivity index (χ0) is 13.3. The van der Waals surface area contributed by atoms with Gasteiger partial charge in [0.05, 0.1) is 0 Å². The molecule has 1 aliphatic heterocycles. The van der Waals surface area contributed by atoms with Crippen LogP contribution in [-0.2, 0) is 13.0 Å². The summed E-state index contributed by atoms with van der Waals surface area (Å²) in [6.45, 7) is 8.31. The molecule has 2 heteroatoms. The van der Waals surface area contributed by atoms with Gasteiger partial charge in [0.2, 0.25) is 0 Å². The third kappa shape index (κ3) is 5.33. The standard InChI is InChI=1S/C17H28N2/c1-2-16-7-9-17(10-8-16)15-18-11-3-4-12-19-13-5-6-14-19/h7-10,18H,2-6,11-15H2,1H3. The Hall–Kier alpha value is -0.860. The molecule has 0 amide bonds. The molecule has 0 aromatic heterocycles. The third-order valence-corrected chi connectivity index (χ3v) is 4.04. The van der Waals surface area contributed by atoms with Crippen LogP contribution in [0.2, 0.25) is 0 Å². The number of hydrogen-bond acceptors (Lipinski definition) is 2. The van der Waals surface area contributed by atoms with Crippen molar-refractivity contribution in [2.45, 2.75) is 45.6 Å². The van der Waals surface area contributed by atoms with Crippen molar-refractivity contribution in [1.82, 2.24) is 10.2 Å². The van der Waals surface area contributed by atoms with Crippen LogP contribution in [0.25, 0.3) is 0 Å². The highest BCUT2D eigenvalue weighted by Gasteiger charge is 2.09. The first-order chi connectivity index (χ1) is 9.38. The lowest BCUT2D eigenvalue weighted by Crippen LogP contribution is -2.22. The summed E-state index contributed by atoms with van der Waals surface area (Å²) >= 11 is 0. The number of nitrogens with zero attached hydrogens (tertiary/aromatic N) is 1. The fraction of sp³-hybridized carbons (Fsp3) is 0.647. The maximum Gasteiger partial charge on any atom is 0.0205 e. The predicted octanol–water partition coefficient (Wildman–Crippen LogP) is 3.21. The van der Waals surface area contributed by atoms with Crippen molar-refractivity contribution in [1.29, 1.82) is 0 Å². The molecule has 0 saturated carbocycles. The highest BCUT2D eigenvalue weighted by atomic mass is 15.1. The van der Waals surface area contributed by atoms with Gasteiger partial charge in [-0.05, 0) is 69.4 Å². The van der Waals surface area contributed by atoms with E-state index in [2.05, 4.69) is 41.4 Å². The summed E-state index contributed by atoms with van der Waals surface area (Å²) in [5.41, 5.74) is 2.83. The molecule has 1 N–H and O–H groups in total. The van der Waals surface area contributed by atoms with Crippen LogP contribution in [0.15, 0.2) is 24.3 Å². The van der Waals surface area contributed by atoms with Crippen LogP contribution in [-0.4, -0.2) is 31.1 Å². The van der Waals surface area contributed by atoms with Gasteiger partial charge in [0.25, 0.3) is 0 Å². The molecular weight excluding hydrogens is 232 g/mol. The molecule has 1 heterocycles. The van der Waals surface area contributed by atoms with Gasteiger partial charge >= 0.3 is 0 Å². The van der Waals surface area contributed by atoms with Crippen LogP contribution in [0.4, 0.5) is 0 Å². The molecule has 2 nitrogen and oxygen atoms in total. The van der Waals surface area contributed by atoms with Gasteiger partial charge in [-0.15, -0.1) is 0 Å². The van der Waals surface area contributed by atoms with E-state index < -0.39 is 0 Å². The average molecular weight is 260 g/mol. The van der Waals surface area contributed by atoms with Gasteiger partial charge in [0.1, 0.15) is 0 Å². The highest BCUT2D eigenvalue weighted by molar-refractivity contribution is 5.22. The van der Waals surface area contributed by atoms with Gasteiger partial charge in [-0.3, -0.25) is 0 Å². The molecule has 1 aromatic rings. The van der Waals surface area contributed by atoms with Crippen molar-refractivity contribution in [2.24, 2.45) is 0 Å². The van der Waals surface area contributed by atoms with E-state index in [1.807, 2.05) is 0 Å². The van der Waals surface area contributed by atoms with E-state index in [0.717, 1.165) is 19.5 Å². The van der Waals surface area contributed by atoms with Gasteiger partial charge in [-0.1, -0.05) is 31.2 Å². The van der Waals surface area contributed by atoms with Crippen LogP contribution < -0.4 is 5.32 Å². The molecule has 19 heavy (non-hydrogen) atoms. The lowest BCUT2D eigenvalue weighted by molar-refractivity contribution is 0.329. The van der Waals surface area contributed by atoms with E-state index in [1.165, 1.54) is 56.4 Å². The van der Waals surface area contributed by atoms with Crippen molar-refractivity contribution in [3.8, 4) is 0 Å². The summed E-state index contributed by atoms with van der Waals surface area (Å²) in [6.07, 6.45) is 6.58. The van der Waals surface area contributed by atoms with Gasteiger partial charge in [-0.25, -0.2) is 0 Å². The molecule has 2 rings (SSSR count). The molecule has 0 unspecified atom stereocenters. The van der Waals surface area contributed by atoms with Crippen LogP contribution >= 0.6 is 0 Å². The molecular formula is C17H28N2. The number of likely N-dealkylation sites (tertiary alicyclic amines) is 1. The summed E-state index contributed by atoms with van der Waals surface area (Å²) in [5, 5.41) is 3.55. The smallest absolute Gasteiger partial charge is 0.0205 e. The Bertz CT molecular complexity index is 339. The van der Waals surface area contributed by atoms with Gasteiger partial charge < -0.3 is 10.2 Å². The first kappa shape index (κ1) is 14.5. The van der Waals surface area contributed by atoms with E-state index in [1.54, 1.807) is 0 Å². The summed E-state index contributed by atoms with van der Waals surface area (Å²) < 4.78 is 0. The Kier molecular flexibility index (Phi) is 6.38. The quantitative estimate of drug-likeness (QED) is 0.722. The Labute approximate surface area is 118 Å². The molecule has 1 aromatic carbocycles. The monoisotopic (exact) mass is 260 g/mol. The van der Waals surface area contributed by atoms with Gasteiger partial charge in [0.15, 0.2) is 0 Å². The minimum absolute atomic E-state index is 1.01. The molecule has 1 fully saturated rings. The Balaban J connectivity index is 1.51. The minimum atomic E-state index is 1.01.